The van der Waals surface area contributed by atoms with E-state index in [9.17, 15) is 28.2 Å². The van der Waals surface area contributed by atoms with Crippen molar-refractivity contribution in [3.05, 3.63) is 80.8 Å². The van der Waals surface area contributed by atoms with Gasteiger partial charge in [-0.05, 0) is 42.8 Å². The summed E-state index contributed by atoms with van der Waals surface area (Å²) in [5.41, 5.74) is 0.0939. The van der Waals surface area contributed by atoms with Crippen LogP contribution in [-0.2, 0) is 13.1 Å². The van der Waals surface area contributed by atoms with Crippen molar-refractivity contribution in [3.63, 3.8) is 0 Å². The molecule has 9 nitrogen and oxygen atoms in total. The van der Waals surface area contributed by atoms with E-state index in [1.807, 2.05) is 0 Å². The monoisotopic (exact) mass is 571 g/mol. The van der Waals surface area contributed by atoms with Crippen LogP contribution in [0.3, 0.4) is 0 Å². The first-order valence-corrected chi connectivity index (χ1v) is 11.9. The van der Waals surface area contributed by atoms with E-state index < -0.39 is 30.6 Å². The van der Waals surface area contributed by atoms with Gasteiger partial charge in [-0.2, -0.15) is 13.2 Å². The maximum absolute atomic E-state index is 13.2. The summed E-state index contributed by atoms with van der Waals surface area (Å²) in [6.07, 6.45) is -7.43. The molecule has 0 aliphatic rings. The molecule has 0 saturated heterocycles. The lowest BCUT2D eigenvalue weighted by molar-refractivity contribution is -0.207. The molecule has 2 heterocycles. The lowest BCUT2D eigenvalue weighted by Crippen LogP contribution is -2.37. The molecule has 2 aromatic heterocycles. The molecule has 2 aromatic carbocycles. The number of ether oxygens (including phenoxy) is 1. The largest absolute Gasteiger partial charge is 0.494 e. The van der Waals surface area contributed by atoms with Crippen molar-refractivity contribution in [2.45, 2.75) is 38.4 Å². The van der Waals surface area contributed by atoms with Crippen LogP contribution in [0.5, 0.6) is 5.75 Å². The molecule has 4 aromatic rings. The number of benzene rings is 2. The number of hydrogen-bond acceptors (Lipinski definition) is 6. The van der Waals surface area contributed by atoms with Crippen LogP contribution in [0.4, 0.5) is 13.2 Å². The number of methoxy groups -OCH3 is 1. The summed E-state index contributed by atoms with van der Waals surface area (Å²) < 4.78 is 48.0. The van der Waals surface area contributed by atoms with Gasteiger partial charge in [-0.1, -0.05) is 35.3 Å². The Balaban J connectivity index is 1.79. The van der Waals surface area contributed by atoms with Crippen LogP contribution in [-0.4, -0.2) is 53.5 Å². The number of alkyl halides is 3. The molecule has 0 aliphatic heterocycles. The Morgan fingerprint density at radius 1 is 1.08 bits per heavy atom. The predicted octanol–water partition coefficient (Wildman–Crippen LogP) is 4.24. The van der Waals surface area contributed by atoms with Crippen molar-refractivity contribution in [3.8, 4) is 22.7 Å². The minimum absolute atomic E-state index is 0.0844. The summed E-state index contributed by atoms with van der Waals surface area (Å²) in [5, 5.41) is 25.2. The van der Waals surface area contributed by atoms with Crippen LogP contribution >= 0.6 is 23.2 Å². The van der Waals surface area contributed by atoms with Gasteiger partial charge in [0.2, 0.25) is 0 Å². The maximum atomic E-state index is 13.2. The van der Waals surface area contributed by atoms with Crippen molar-refractivity contribution < 1.29 is 28.1 Å². The number of nitrogens with zero attached hydrogens (tertiary/aromatic N) is 5. The molecular weight excluding hydrogens is 550 g/mol. The van der Waals surface area contributed by atoms with Crippen LogP contribution in [0.25, 0.3) is 16.9 Å². The molecular formula is C24H22Cl2F3N5O4. The van der Waals surface area contributed by atoms with E-state index in [0.29, 0.717) is 27.0 Å². The Morgan fingerprint density at radius 3 is 2.34 bits per heavy atom. The van der Waals surface area contributed by atoms with E-state index in [0.717, 1.165) is 9.13 Å². The number of halogens is 5. The van der Waals surface area contributed by atoms with Gasteiger partial charge in [0.1, 0.15) is 17.5 Å². The van der Waals surface area contributed by atoms with Gasteiger partial charge in [-0.3, -0.25) is 9.13 Å². The molecule has 0 spiro atoms. The number of rotatable bonds is 8. The minimum atomic E-state index is -4.93. The topological polar surface area (TPSA) is 107 Å². The molecule has 202 valence electrons. The van der Waals surface area contributed by atoms with Crippen molar-refractivity contribution in [2.75, 3.05) is 7.11 Å². The lowest BCUT2D eigenvalue weighted by atomic mass is 10.1. The quantitative estimate of drug-likeness (QED) is 0.327. The van der Waals surface area contributed by atoms with Crippen LogP contribution in [0.15, 0.2) is 53.5 Å². The van der Waals surface area contributed by atoms with Gasteiger partial charge < -0.3 is 14.9 Å². The molecule has 0 saturated carbocycles. The summed E-state index contributed by atoms with van der Waals surface area (Å²) in [6.45, 7) is 0.207. The molecule has 0 fully saturated rings. The summed E-state index contributed by atoms with van der Waals surface area (Å²) in [4.78, 5) is 17.5. The summed E-state index contributed by atoms with van der Waals surface area (Å²) in [6, 6.07) is 10.9. The number of hydrogen-bond donors (Lipinski definition) is 2. The van der Waals surface area contributed by atoms with Crippen LogP contribution in [0.1, 0.15) is 24.7 Å². The molecule has 14 heteroatoms. The van der Waals surface area contributed by atoms with Crippen molar-refractivity contribution in [1.29, 1.82) is 0 Å². The van der Waals surface area contributed by atoms with Gasteiger partial charge in [0.15, 0.2) is 17.8 Å². The number of aliphatic hydroxyl groups is 2. The highest BCUT2D eigenvalue weighted by Gasteiger charge is 2.39. The first-order chi connectivity index (χ1) is 17.9. The third-order valence-electron chi connectivity index (χ3n) is 5.65. The Bertz CT molecular complexity index is 1500. The molecule has 4 rings (SSSR count). The van der Waals surface area contributed by atoms with Crippen LogP contribution in [0.2, 0.25) is 10.0 Å². The molecule has 38 heavy (non-hydrogen) atoms. The van der Waals surface area contributed by atoms with Crippen molar-refractivity contribution in [2.24, 2.45) is 0 Å². The molecule has 2 N–H and O–H groups in total. The summed E-state index contributed by atoms with van der Waals surface area (Å²) >= 11 is 12.1. The molecule has 0 bridgehead atoms. The van der Waals surface area contributed by atoms with Gasteiger partial charge in [-0.25, -0.2) is 14.5 Å². The van der Waals surface area contributed by atoms with Crippen LogP contribution in [0, 0.1) is 0 Å². The van der Waals surface area contributed by atoms with Crippen molar-refractivity contribution >= 4 is 23.2 Å². The fourth-order valence-electron chi connectivity index (χ4n) is 3.81. The average Bonchev–Trinajstić information content (AvgIpc) is 3.41. The Morgan fingerprint density at radius 2 is 1.74 bits per heavy atom. The van der Waals surface area contributed by atoms with Crippen LogP contribution < -0.4 is 10.4 Å². The van der Waals surface area contributed by atoms with Gasteiger partial charge in [0.05, 0.1) is 25.9 Å². The summed E-state index contributed by atoms with van der Waals surface area (Å²) in [7, 11) is 1.45. The average molecular weight is 572 g/mol. The maximum Gasteiger partial charge on any atom is 0.416 e. The van der Waals surface area contributed by atoms with Gasteiger partial charge in [0.25, 0.3) is 0 Å². The van der Waals surface area contributed by atoms with E-state index in [4.69, 9.17) is 27.9 Å². The highest BCUT2D eigenvalue weighted by Crippen LogP contribution is 2.29. The van der Waals surface area contributed by atoms with E-state index in [2.05, 4.69) is 10.1 Å². The minimum Gasteiger partial charge on any atom is -0.494 e. The van der Waals surface area contributed by atoms with E-state index >= 15 is 0 Å². The summed E-state index contributed by atoms with van der Waals surface area (Å²) in [5.74, 6) is 0.599. The number of aromatic nitrogens is 5. The van der Waals surface area contributed by atoms with E-state index in [1.165, 1.54) is 37.0 Å². The van der Waals surface area contributed by atoms with E-state index in [1.54, 1.807) is 30.3 Å². The smallest absolute Gasteiger partial charge is 0.416 e. The second-order valence-electron chi connectivity index (χ2n) is 8.39. The zero-order valence-electron chi connectivity index (χ0n) is 20.0. The zero-order valence-corrected chi connectivity index (χ0v) is 21.5. The Labute approximate surface area is 224 Å². The predicted molar refractivity (Wildman–Crippen MR) is 134 cm³/mol. The fourth-order valence-corrected chi connectivity index (χ4v) is 4.10. The third-order valence-corrected chi connectivity index (χ3v) is 6.14. The van der Waals surface area contributed by atoms with E-state index in [-0.39, 0.29) is 23.9 Å². The lowest BCUT2D eigenvalue weighted by Gasteiger charge is -2.16. The molecule has 0 aliphatic carbocycles. The standard InChI is InChI=1S/C24H22Cl2F3N5O4/c1-13(35)22-30-21(31-34(22)17-9-16(26)7-8-19(17)38-2)12-32-10-18(14-3-5-15(25)6-4-14)33(23(32)37)11-20(36)24(27,28)29/h3-10,13,20,35-36H,11-12H2,1-2H3. The second-order valence-corrected chi connectivity index (χ2v) is 9.26. The first-order valence-electron chi connectivity index (χ1n) is 11.2. The highest BCUT2D eigenvalue weighted by atomic mass is 35.5. The van der Waals surface area contributed by atoms with Gasteiger partial charge in [0, 0.05) is 16.2 Å². The molecule has 2 atom stereocenters. The molecule has 2 unspecified atom stereocenters. The SMILES string of the molecule is COc1ccc(Cl)cc1-n1nc(Cn2cc(-c3ccc(Cl)cc3)n(CC(O)C(F)(F)F)c2=O)nc1C(C)O. The molecule has 0 radical (unpaired) electrons. The van der Waals surface area contributed by atoms with Gasteiger partial charge in [-0.15, -0.1) is 5.10 Å². The Hall–Kier alpha value is -3.32. The molecule has 0 amide bonds. The fraction of sp³-hybridized carbons (Fsp3) is 0.292. The number of aliphatic hydroxyl groups excluding tert-OH is 2. The van der Waals surface area contributed by atoms with Gasteiger partial charge >= 0.3 is 11.9 Å². The van der Waals surface area contributed by atoms with Crippen molar-refractivity contribution in [1.82, 2.24) is 23.9 Å². The normalized spacial score (nSPS) is 13.5. The zero-order chi connectivity index (χ0) is 27.8. The Kier molecular flexibility index (Phi) is 7.88. The number of imidazole rings is 1. The second kappa shape index (κ2) is 10.8. The first kappa shape index (κ1) is 27.7. The third kappa shape index (κ3) is 5.73. The highest BCUT2D eigenvalue weighted by molar-refractivity contribution is 6.31.